The maximum atomic E-state index is 15.3. The summed E-state index contributed by atoms with van der Waals surface area (Å²) in [6, 6.07) is 3.12. The third-order valence-corrected chi connectivity index (χ3v) is 7.82. The van der Waals surface area contributed by atoms with Crippen LogP contribution in [0, 0.1) is 12.7 Å². The van der Waals surface area contributed by atoms with Crippen LogP contribution >= 0.6 is 11.6 Å². The fraction of sp³-hybridized carbons (Fsp3) is 0.462. The number of aromatic nitrogens is 6. The summed E-state index contributed by atoms with van der Waals surface area (Å²) in [5.74, 6) is -3.25. The van der Waals surface area contributed by atoms with Crippen molar-refractivity contribution in [2.45, 2.75) is 43.9 Å². The van der Waals surface area contributed by atoms with Crippen molar-refractivity contribution in [3.8, 4) is 17.0 Å². The van der Waals surface area contributed by atoms with Gasteiger partial charge in [0.2, 0.25) is 0 Å². The SMILES string of the molecule is Cc1c(-c2cc(OC[C@](C)(O)c3ccc(F)cn3)c3c(Cl)cnn3c2)nnn1C1CCN(C2COC2)CC1(F)F. The number of rotatable bonds is 7. The van der Waals surface area contributed by atoms with Gasteiger partial charge in [0.05, 0.1) is 54.6 Å². The number of aliphatic hydroxyl groups is 1. The summed E-state index contributed by atoms with van der Waals surface area (Å²) in [6.07, 6.45) is 4.34. The van der Waals surface area contributed by atoms with Crippen LogP contribution in [0.15, 0.2) is 36.8 Å². The minimum atomic E-state index is -3.00. The highest BCUT2D eigenvalue weighted by Crippen LogP contribution is 2.40. The van der Waals surface area contributed by atoms with Crippen LogP contribution in [0.3, 0.4) is 0 Å². The van der Waals surface area contributed by atoms with E-state index < -0.39 is 23.4 Å². The second kappa shape index (κ2) is 9.98. The van der Waals surface area contributed by atoms with Crippen molar-refractivity contribution in [2.75, 3.05) is 32.9 Å². The van der Waals surface area contributed by atoms with Gasteiger partial charge in [-0.3, -0.25) is 9.88 Å². The van der Waals surface area contributed by atoms with E-state index in [1.807, 2.05) is 0 Å². The topological polar surface area (TPSA) is 103 Å². The summed E-state index contributed by atoms with van der Waals surface area (Å²) in [5.41, 5.74) is 0.469. The van der Waals surface area contributed by atoms with Gasteiger partial charge in [-0.2, -0.15) is 5.10 Å². The molecular weight excluding hydrogens is 551 g/mol. The molecule has 0 spiro atoms. The van der Waals surface area contributed by atoms with Crippen LogP contribution in [0.4, 0.5) is 13.2 Å². The molecule has 2 saturated heterocycles. The first kappa shape index (κ1) is 26.9. The molecule has 2 aliphatic heterocycles. The molecule has 2 fully saturated rings. The third-order valence-electron chi connectivity index (χ3n) is 7.54. The van der Waals surface area contributed by atoms with Crippen LogP contribution in [0.5, 0.6) is 5.75 Å². The quantitative estimate of drug-likeness (QED) is 0.355. The number of likely N-dealkylation sites (tertiary alicyclic amines) is 1. The van der Waals surface area contributed by atoms with Crippen molar-refractivity contribution >= 4 is 17.1 Å². The molecule has 10 nitrogen and oxygen atoms in total. The van der Waals surface area contributed by atoms with Crippen LogP contribution < -0.4 is 4.74 Å². The number of pyridine rings is 2. The summed E-state index contributed by atoms with van der Waals surface area (Å²) >= 11 is 6.37. The lowest BCUT2D eigenvalue weighted by atomic mass is 9.98. The van der Waals surface area contributed by atoms with E-state index in [0.29, 0.717) is 47.2 Å². The molecule has 212 valence electrons. The van der Waals surface area contributed by atoms with Crippen molar-refractivity contribution in [3.05, 3.63) is 59.0 Å². The Labute approximate surface area is 232 Å². The molecule has 2 atom stereocenters. The van der Waals surface area contributed by atoms with Gasteiger partial charge in [-0.15, -0.1) is 5.10 Å². The van der Waals surface area contributed by atoms with Crippen LogP contribution in [0.25, 0.3) is 16.8 Å². The van der Waals surface area contributed by atoms with Gasteiger partial charge >= 0.3 is 0 Å². The average molecular weight is 578 g/mol. The van der Waals surface area contributed by atoms with Crippen molar-refractivity contribution in [1.29, 1.82) is 0 Å². The first-order chi connectivity index (χ1) is 19.0. The van der Waals surface area contributed by atoms with Gasteiger partial charge in [0.15, 0.2) is 0 Å². The highest BCUT2D eigenvalue weighted by atomic mass is 35.5. The molecule has 0 aromatic carbocycles. The van der Waals surface area contributed by atoms with E-state index in [4.69, 9.17) is 21.1 Å². The van der Waals surface area contributed by atoms with Crippen molar-refractivity contribution in [3.63, 3.8) is 0 Å². The molecule has 0 radical (unpaired) electrons. The smallest absolute Gasteiger partial charge is 0.282 e. The summed E-state index contributed by atoms with van der Waals surface area (Å²) in [4.78, 5) is 5.73. The second-order valence-corrected chi connectivity index (χ2v) is 10.9. The minimum absolute atomic E-state index is 0.0323. The number of ether oxygens (including phenoxy) is 2. The molecule has 40 heavy (non-hydrogen) atoms. The Bertz CT molecular complexity index is 1540. The molecule has 0 aliphatic carbocycles. The van der Waals surface area contributed by atoms with E-state index in [0.717, 1.165) is 6.20 Å². The molecule has 0 saturated carbocycles. The molecule has 14 heteroatoms. The molecule has 0 bridgehead atoms. The second-order valence-electron chi connectivity index (χ2n) is 10.5. The Kier molecular flexibility index (Phi) is 6.72. The highest BCUT2D eigenvalue weighted by molar-refractivity contribution is 6.34. The van der Waals surface area contributed by atoms with Crippen molar-refractivity contribution < 1.29 is 27.8 Å². The monoisotopic (exact) mass is 577 g/mol. The Balaban J connectivity index is 1.29. The maximum absolute atomic E-state index is 15.3. The minimum Gasteiger partial charge on any atom is -0.488 e. The Hall–Kier alpha value is -3.26. The predicted molar refractivity (Wildman–Crippen MR) is 138 cm³/mol. The molecule has 6 heterocycles. The fourth-order valence-corrected chi connectivity index (χ4v) is 5.40. The lowest BCUT2D eigenvalue weighted by molar-refractivity contribution is -0.150. The van der Waals surface area contributed by atoms with E-state index in [9.17, 15) is 9.50 Å². The Morgan fingerprint density at radius 2 is 2.08 bits per heavy atom. The summed E-state index contributed by atoms with van der Waals surface area (Å²) in [6.45, 7) is 4.06. The van der Waals surface area contributed by atoms with Gasteiger partial charge in [0.1, 0.15) is 41.0 Å². The van der Waals surface area contributed by atoms with E-state index in [2.05, 4.69) is 20.4 Å². The largest absolute Gasteiger partial charge is 0.488 e. The molecule has 4 aromatic rings. The molecule has 6 rings (SSSR count). The number of piperidine rings is 1. The van der Waals surface area contributed by atoms with Gasteiger partial charge in [-0.1, -0.05) is 16.8 Å². The van der Waals surface area contributed by atoms with Gasteiger partial charge in [-0.25, -0.2) is 22.4 Å². The molecule has 1 N–H and O–H groups in total. The lowest BCUT2D eigenvalue weighted by Crippen LogP contribution is -2.58. The van der Waals surface area contributed by atoms with E-state index in [-0.39, 0.29) is 37.1 Å². The maximum Gasteiger partial charge on any atom is 0.282 e. The van der Waals surface area contributed by atoms with Crippen molar-refractivity contribution in [2.24, 2.45) is 0 Å². The summed E-state index contributed by atoms with van der Waals surface area (Å²) < 4.78 is 57.9. The number of nitrogens with zero attached hydrogens (tertiary/aromatic N) is 7. The number of alkyl halides is 2. The molecule has 0 amide bonds. The van der Waals surface area contributed by atoms with Crippen LogP contribution in [-0.2, 0) is 10.3 Å². The normalized spacial score (nSPS) is 21.3. The van der Waals surface area contributed by atoms with Crippen LogP contribution in [0.1, 0.15) is 30.8 Å². The Morgan fingerprint density at radius 1 is 1.27 bits per heavy atom. The van der Waals surface area contributed by atoms with E-state index >= 15 is 8.78 Å². The molecule has 2 aliphatic rings. The van der Waals surface area contributed by atoms with Gasteiger partial charge in [-0.05, 0) is 38.5 Å². The highest BCUT2D eigenvalue weighted by Gasteiger charge is 2.49. The summed E-state index contributed by atoms with van der Waals surface area (Å²) in [7, 11) is 0. The van der Waals surface area contributed by atoms with Gasteiger partial charge < -0.3 is 14.6 Å². The first-order valence-electron chi connectivity index (χ1n) is 12.8. The van der Waals surface area contributed by atoms with Gasteiger partial charge in [0, 0.05) is 18.3 Å². The van der Waals surface area contributed by atoms with E-state index in [1.54, 1.807) is 24.1 Å². The molecular formula is C26H27ClF3N7O3. The first-order valence-corrected chi connectivity index (χ1v) is 13.2. The Morgan fingerprint density at radius 3 is 2.75 bits per heavy atom. The zero-order chi connectivity index (χ0) is 28.2. The van der Waals surface area contributed by atoms with Gasteiger partial charge in [0.25, 0.3) is 5.92 Å². The number of fused-ring (bicyclic) bond motifs is 1. The van der Waals surface area contributed by atoms with Crippen molar-refractivity contribution in [1.82, 2.24) is 34.5 Å². The van der Waals surface area contributed by atoms with E-state index in [1.165, 1.54) is 34.5 Å². The average Bonchev–Trinajstić information content (AvgIpc) is 3.44. The number of hydrogen-bond acceptors (Lipinski definition) is 8. The van der Waals surface area contributed by atoms with Crippen LogP contribution in [0.2, 0.25) is 5.02 Å². The number of halogens is 4. The fourth-order valence-electron chi connectivity index (χ4n) is 5.18. The molecule has 4 aromatic heterocycles. The third kappa shape index (κ3) is 4.80. The zero-order valence-electron chi connectivity index (χ0n) is 21.8. The number of hydrogen-bond donors (Lipinski definition) is 1. The molecule has 1 unspecified atom stereocenters. The lowest BCUT2D eigenvalue weighted by Gasteiger charge is -2.44. The van der Waals surface area contributed by atoms with Crippen LogP contribution in [-0.4, -0.2) is 84.5 Å². The predicted octanol–water partition coefficient (Wildman–Crippen LogP) is 3.66. The standard InChI is InChI=1S/C26H27ClF3N7O3/c1-15-23(33-34-37(15)22-5-6-35(13-26(22,29)30)18-11-39-12-18)16-7-20(24-19(27)9-32-36(24)10-16)40-14-25(2,38)21-4-3-17(28)8-31-21/h3-4,7-10,18,22,38H,5-6,11-14H2,1-2H3/t22?,25-/m0/s1. The zero-order valence-corrected chi connectivity index (χ0v) is 22.5. The summed E-state index contributed by atoms with van der Waals surface area (Å²) in [5, 5.41) is 23.9.